The fraction of sp³-hybridized carbons (Fsp3) is 0.442. The van der Waals surface area contributed by atoms with Crippen LogP contribution in [-0.2, 0) is 23.9 Å². The second kappa shape index (κ2) is 12.4. The summed E-state index contributed by atoms with van der Waals surface area (Å²) < 4.78 is 28.1. The second-order valence-corrected chi connectivity index (χ2v) is 16.2. The molecule has 2 N–H and O–H groups in total. The number of furan rings is 1. The van der Waals surface area contributed by atoms with E-state index in [1.165, 1.54) is 27.2 Å². The number of ketones is 3. The molecule has 1 aromatic heterocycles. The van der Waals surface area contributed by atoms with Crippen LogP contribution < -0.4 is 9.47 Å². The van der Waals surface area contributed by atoms with Crippen LogP contribution in [0.5, 0.6) is 17.2 Å². The zero-order valence-corrected chi connectivity index (χ0v) is 31.7. The van der Waals surface area contributed by atoms with Crippen LogP contribution in [0, 0.1) is 27.6 Å². The van der Waals surface area contributed by atoms with Crippen molar-refractivity contribution in [3.63, 3.8) is 0 Å². The predicted molar refractivity (Wildman–Crippen MR) is 195 cm³/mol. The average Bonchev–Trinajstić information content (AvgIpc) is 3.49. The lowest BCUT2D eigenvalue weighted by Gasteiger charge is -2.64. The lowest BCUT2D eigenvalue weighted by atomic mass is 9.38. The Bertz CT molecular complexity index is 2110. The molecule has 0 radical (unpaired) electrons. The molecule has 1 spiro atoms. The molecule has 2 aromatic carbocycles. The molecule has 11 nitrogen and oxygen atoms in total. The number of phenolic OH excluding ortho intramolecular Hbond substituents is 1. The van der Waals surface area contributed by atoms with Gasteiger partial charge in [-0.15, -0.1) is 0 Å². The number of Topliss-reactive ketones (excluding diaryl/α,β-unsaturated/α-hetero) is 1. The number of methoxy groups -OCH3 is 2. The summed E-state index contributed by atoms with van der Waals surface area (Å²) in [7, 11) is 2.92. The Kier molecular flexibility index (Phi) is 8.57. The van der Waals surface area contributed by atoms with Crippen molar-refractivity contribution in [2.45, 2.75) is 78.1 Å². The maximum Gasteiger partial charge on any atom is 0.302 e. The first-order valence-corrected chi connectivity index (χ1v) is 18.1. The van der Waals surface area contributed by atoms with E-state index in [0.29, 0.717) is 29.7 Å². The topological polar surface area (TPSA) is 162 Å². The number of phenols is 1. The number of hydrogen-bond donors (Lipinski definition) is 2. The molecule has 3 aromatic rings. The summed E-state index contributed by atoms with van der Waals surface area (Å²) in [6, 6.07) is 13.6. The minimum atomic E-state index is -1.17. The van der Waals surface area contributed by atoms with Crippen LogP contribution in [0.4, 0.5) is 0 Å². The standard InChI is InChI=1S/C28H32O7.C15H14O4/c1-14(29)34-17-12-26(5)16(15-8-10-33-13-15)11-19-28(26,35-19)27(6)21(17)25(4)9-7-18(30)24(2,3)22(25)20(31)23(27)32;1-18-11-8-12(16)14(13(9-11)19-2)15(17)10-6-4-3-5-7-10/h7-10,13,16-17,19,21,31H,11-12H2,1-6H3;3-9,16H,1-2H3. The minimum absolute atomic E-state index is 0.0453. The van der Waals surface area contributed by atoms with Crippen molar-refractivity contribution < 1.29 is 52.8 Å². The normalized spacial score (nSPS) is 34.0. The zero-order chi connectivity index (χ0) is 39.2. The number of carbonyl (C=O) groups excluding carboxylic acids is 4. The van der Waals surface area contributed by atoms with Gasteiger partial charge in [-0.3, -0.25) is 19.2 Å². The van der Waals surface area contributed by atoms with E-state index in [-0.39, 0.29) is 46.4 Å². The van der Waals surface area contributed by atoms with Crippen LogP contribution in [0.15, 0.2) is 89.0 Å². The molecule has 8 rings (SSSR count). The van der Waals surface area contributed by atoms with Crippen molar-refractivity contribution in [3.05, 3.63) is 101 Å². The molecule has 54 heavy (non-hydrogen) atoms. The van der Waals surface area contributed by atoms with Gasteiger partial charge in [-0.25, -0.2) is 0 Å². The highest BCUT2D eigenvalue weighted by Gasteiger charge is 2.89. The molecule has 5 aliphatic rings. The molecule has 3 fully saturated rings. The molecule has 0 bridgehead atoms. The van der Waals surface area contributed by atoms with E-state index in [0.717, 1.165) is 5.56 Å². The van der Waals surface area contributed by atoms with E-state index in [4.69, 9.17) is 23.4 Å². The van der Waals surface area contributed by atoms with Crippen LogP contribution in [0.3, 0.4) is 0 Å². The number of allylic oxidation sites excluding steroid dienone is 4. The van der Waals surface area contributed by atoms with Gasteiger partial charge in [0.05, 0.1) is 43.7 Å². The van der Waals surface area contributed by atoms with Crippen LogP contribution in [0.2, 0.25) is 0 Å². The predicted octanol–water partition coefficient (Wildman–Crippen LogP) is 7.08. The third kappa shape index (κ3) is 4.89. The summed E-state index contributed by atoms with van der Waals surface area (Å²) in [5.41, 5.74) is -2.44. The quantitative estimate of drug-likeness (QED) is 0.151. The van der Waals surface area contributed by atoms with Gasteiger partial charge in [0.1, 0.15) is 34.5 Å². The van der Waals surface area contributed by atoms with E-state index in [9.17, 15) is 29.4 Å². The average molecular weight is 739 g/mol. The second-order valence-electron chi connectivity index (χ2n) is 16.2. The third-order valence-electron chi connectivity index (χ3n) is 13.1. The van der Waals surface area contributed by atoms with Crippen LogP contribution in [-0.4, -0.2) is 65.6 Å². The number of aliphatic hydroxyl groups is 1. The van der Waals surface area contributed by atoms with Gasteiger partial charge in [-0.2, -0.15) is 0 Å². The minimum Gasteiger partial charge on any atom is -0.507 e. The van der Waals surface area contributed by atoms with Crippen LogP contribution in [0.1, 0.15) is 81.8 Å². The lowest BCUT2D eigenvalue weighted by molar-refractivity contribution is -0.200. The first-order valence-electron chi connectivity index (χ1n) is 18.1. The number of ether oxygens (including phenoxy) is 4. The molecular formula is C43H46O11. The highest BCUT2D eigenvalue weighted by molar-refractivity contribution is 6.12. The summed E-state index contributed by atoms with van der Waals surface area (Å²) in [5, 5.41) is 21.5. The molecule has 1 saturated heterocycles. The molecule has 11 heteroatoms. The molecule has 2 heterocycles. The van der Waals surface area contributed by atoms with E-state index in [1.54, 1.807) is 68.9 Å². The van der Waals surface area contributed by atoms with Gasteiger partial charge in [-0.05, 0) is 62.8 Å². The van der Waals surface area contributed by atoms with Crippen molar-refractivity contribution in [2.75, 3.05) is 14.2 Å². The molecule has 4 aliphatic carbocycles. The maximum atomic E-state index is 14.3. The summed E-state index contributed by atoms with van der Waals surface area (Å²) >= 11 is 0. The first-order chi connectivity index (χ1) is 25.4. The highest BCUT2D eigenvalue weighted by Crippen LogP contribution is 2.81. The number of esters is 1. The van der Waals surface area contributed by atoms with Crippen molar-refractivity contribution in [1.82, 2.24) is 0 Å². The molecule has 8 unspecified atom stereocenters. The summed E-state index contributed by atoms with van der Waals surface area (Å²) in [6.07, 6.45) is 7.17. The largest absolute Gasteiger partial charge is 0.507 e. The Balaban J connectivity index is 0.000000201. The summed E-state index contributed by atoms with van der Waals surface area (Å²) in [5.74, 6) is -1.58. The Morgan fingerprint density at radius 1 is 0.944 bits per heavy atom. The smallest absolute Gasteiger partial charge is 0.302 e. The van der Waals surface area contributed by atoms with Gasteiger partial charge in [0.25, 0.3) is 0 Å². The van der Waals surface area contributed by atoms with Crippen LogP contribution >= 0.6 is 0 Å². The van der Waals surface area contributed by atoms with Crippen molar-refractivity contribution in [2.24, 2.45) is 27.6 Å². The number of hydrogen-bond acceptors (Lipinski definition) is 11. The lowest BCUT2D eigenvalue weighted by Crippen LogP contribution is -2.70. The number of epoxide rings is 1. The van der Waals surface area contributed by atoms with Crippen LogP contribution in [0.25, 0.3) is 0 Å². The van der Waals surface area contributed by atoms with Gasteiger partial charge < -0.3 is 33.6 Å². The van der Waals surface area contributed by atoms with Gasteiger partial charge in [0.15, 0.2) is 11.5 Å². The molecule has 284 valence electrons. The van der Waals surface area contributed by atoms with E-state index < -0.39 is 51.0 Å². The van der Waals surface area contributed by atoms with Crippen molar-refractivity contribution in [3.8, 4) is 17.2 Å². The Morgan fingerprint density at radius 3 is 2.26 bits per heavy atom. The number of rotatable bonds is 6. The van der Waals surface area contributed by atoms with Gasteiger partial charge in [0, 0.05) is 41.4 Å². The number of carbonyl (C=O) groups is 4. The monoisotopic (exact) mass is 738 g/mol. The third-order valence-corrected chi connectivity index (χ3v) is 13.1. The Hall–Kier alpha value is -5.16. The fourth-order valence-electron chi connectivity index (χ4n) is 11.0. The van der Waals surface area contributed by atoms with Gasteiger partial charge in [-0.1, -0.05) is 50.3 Å². The summed E-state index contributed by atoms with van der Waals surface area (Å²) in [4.78, 5) is 52.0. The molecular weight excluding hydrogens is 692 g/mol. The number of aromatic hydroxyl groups is 1. The van der Waals surface area contributed by atoms with Gasteiger partial charge >= 0.3 is 5.97 Å². The zero-order valence-electron chi connectivity index (χ0n) is 31.7. The van der Waals surface area contributed by atoms with E-state index in [1.807, 2.05) is 26.0 Å². The van der Waals surface area contributed by atoms with E-state index in [2.05, 4.69) is 6.92 Å². The molecule has 0 amide bonds. The van der Waals surface area contributed by atoms with E-state index >= 15 is 0 Å². The maximum absolute atomic E-state index is 14.3. The molecule has 8 atom stereocenters. The number of benzene rings is 2. The SMILES string of the molecule is CC(=O)OC1CC2(C)C(c3ccoc3)CC3OC32C2(C)C(=O)C(O)=C3C(C)(C)C(=O)C=CC3(C)C12.COc1cc(O)c(C(=O)c2ccccc2)c(OC)c1. The molecule has 1 aliphatic heterocycles. The van der Waals surface area contributed by atoms with Crippen molar-refractivity contribution in [1.29, 1.82) is 0 Å². The summed E-state index contributed by atoms with van der Waals surface area (Å²) in [6.45, 7) is 10.8. The Morgan fingerprint density at radius 2 is 1.65 bits per heavy atom. The molecule has 2 saturated carbocycles. The first kappa shape index (κ1) is 37.2. The Labute approximate surface area is 313 Å². The number of fused-ring (bicyclic) bond motifs is 3. The number of aliphatic hydroxyl groups excluding tert-OH is 1. The van der Waals surface area contributed by atoms with Crippen molar-refractivity contribution >= 4 is 23.3 Å². The van der Waals surface area contributed by atoms with Gasteiger partial charge in [0.2, 0.25) is 11.6 Å². The highest BCUT2D eigenvalue weighted by atomic mass is 16.6. The fourth-order valence-corrected chi connectivity index (χ4v) is 11.0.